The third-order valence-electron chi connectivity index (χ3n) is 5.99. The Bertz CT molecular complexity index is 1470. The van der Waals surface area contributed by atoms with E-state index in [2.05, 4.69) is 12.2 Å². The summed E-state index contributed by atoms with van der Waals surface area (Å²) in [6.07, 6.45) is 2.85. The van der Waals surface area contributed by atoms with Crippen LogP contribution in [0.1, 0.15) is 52.5 Å². The van der Waals surface area contributed by atoms with E-state index < -0.39 is 0 Å². The van der Waals surface area contributed by atoms with Crippen LogP contribution in [0.3, 0.4) is 0 Å². The number of carbonyl (C=O) groups is 2. The molecule has 37 heavy (non-hydrogen) atoms. The lowest BCUT2D eigenvalue weighted by Gasteiger charge is -2.13. The number of nitrogens with zero attached hydrogens (tertiary/aromatic N) is 2. The molecule has 6 nitrogen and oxygen atoms in total. The molecule has 0 saturated carbocycles. The molecule has 4 rings (SSSR count). The first kappa shape index (κ1) is 26.6. The average Bonchev–Trinajstić information content (AvgIpc) is 2.92. The molecule has 1 aromatic heterocycles. The number of benzene rings is 3. The number of carbonyl (C=O) groups excluding carboxylic acids is 2. The van der Waals surface area contributed by atoms with Crippen LogP contribution in [0.5, 0.6) is 0 Å². The van der Waals surface area contributed by atoms with E-state index in [0.29, 0.717) is 38.8 Å². The van der Waals surface area contributed by atoms with Gasteiger partial charge in [0.2, 0.25) is 0 Å². The van der Waals surface area contributed by atoms with Crippen molar-refractivity contribution in [2.75, 3.05) is 5.75 Å². The standard InChI is InChI=1S/C29H28ClN3O3S/c1-2-3-9-16-33-28(36)23-15-14-21(27(35)31-18-22-12-7-8-13-24(22)30)17-25(23)32-29(33)37-19-26(34)20-10-5-4-6-11-20/h4-8,10-15,17H,2-3,9,16,18-19H2,1H3,(H,31,35). The van der Waals surface area contributed by atoms with Crippen LogP contribution in [0, 0.1) is 0 Å². The van der Waals surface area contributed by atoms with Gasteiger partial charge in [-0.15, -0.1) is 0 Å². The highest BCUT2D eigenvalue weighted by molar-refractivity contribution is 7.99. The van der Waals surface area contributed by atoms with E-state index in [-0.39, 0.29) is 29.5 Å². The maximum Gasteiger partial charge on any atom is 0.262 e. The second-order valence-electron chi connectivity index (χ2n) is 8.64. The number of halogens is 1. The molecule has 0 saturated heterocycles. The van der Waals surface area contributed by atoms with Gasteiger partial charge < -0.3 is 5.32 Å². The number of Topliss-reactive ketones (excluding diaryl/α,β-unsaturated/α-hetero) is 1. The predicted molar refractivity (Wildman–Crippen MR) is 150 cm³/mol. The summed E-state index contributed by atoms with van der Waals surface area (Å²) < 4.78 is 1.65. The number of aromatic nitrogens is 2. The smallest absolute Gasteiger partial charge is 0.262 e. The van der Waals surface area contributed by atoms with Gasteiger partial charge in [0.25, 0.3) is 11.5 Å². The van der Waals surface area contributed by atoms with Gasteiger partial charge in [0.1, 0.15) is 0 Å². The van der Waals surface area contributed by atoms with Crippen molar-refractivity contribution in [1.29, 1.82) is 0 Å². The van der Waals surface area contributed by atoms with Crippen LogP contribution in [0.15, 0.2) is 82.7 Å². The summed E-state index contributed by atoms with van der Waals surface area (Å²) in [4.78, 5) is 43.7. The summed E-state index contributed by atoms with van der Waals surface area (Å²) in [7, 11) is 0. The van der Waals surface area contributed by atoms with Crippen molar-refractivity contribution >= 4 is 46.0 Å². The van der Waals surface area contributed by atoms with Crippen molar-refractivity contribution in [2.45, 2.75) is 44.4 Å². The molecule has 0 radical (unpaired) electrons. The molecule has 3 aromatic carbocycles. The SMILES string of the molecule is CCCCCn1c(SCC(=O)c2ccccc2)nc2cc(C(=O)NCc3ccccc3Cl)ccc2c1=O. The first-order valence-electron chi connectivity index (χ1n) is 12.2. The van der Waals surface area contributed by atoms with Gasteiger partial charge in [-0.1, -0.05) is 91.7 Å². The van der Waals surface area contributed by atoms with Gasteiger partial charge >= 0.3 is 0 Å². The summed E-state index contributed by atoms with van der Waals surface area (Å²) in [6.45, 7) is 2.91. The van der Waals surface area contributed by atoms with E-state index in [4.69, 9.17) is 16.6 Å². The lowest BCUT2D eigenvalue weighted by atomic mass is 10.1. The van der Waals surface area contributed by atoms with Gasteiger partial charge in [-0.05, 0) is 36.2 Å². The average molecular weight is 534 g/mol. The summed E-state index contributed by atoms with van der Waals surface area (Å²) in [5.74, 6) is -0.162. The molecule has 190 valence electrons. The second kappa shape index (κ2) is 12.7. The molecular formula is C29H28ClN3O3S. The Morgan fingerprint density at radius 2 is 1.73 bits per heavy atom. The zero-order valence-corrected chi connectivity index (χ0v) is 22.1. The van der Waals surface area contributed by atoms with Crippen molar-refractivity contribution in [2.24, 2.45) is 0 Å². The molecule has 1 amide bonds. The molecule has 0 spiro atoms. The number of rotatable bonds is 11. The molecule has 0 fully saturated rings. The number of unbranched alkanes of at least 4 members (excludes halogenated alkanes) is 2. The quantitative estimate of drug-likeness (QED) is 0.108. The molecule has 0 aliphatic carbocycles. The van der Waals surface area contributed by atoms with E-state index in [9.17, 15) is 14.4 Å². The molecule has 8 heteroatoms. The van der Waals surface area contributed by atoms with Crippen molar-refractivity contribution in [1.82, 2.24) is 14.9 Å². The van der Waals surface area contributed by atoms with Crippen LogP contribution in [0.4, 0.5) is 0 Å². The van der Waals surface area contributed by atoms with E-state index in [0.717, 1.165) is 24.8 Å². The van der Waals surface area contributed by atoms with Gasteiger partial charge in [-0.25, -0.2) is 4.98 Å². The summed E-state index contributed by atoms with van der Waals surface area (Å²) in [5, 5.41) is 4.37. The maximum absolute atomic E-state index is 13.4. The largest absolute Gasteiger partial charge is 0.348 e. The fourth-order valence-electron chi connectivity index (χ4n) is 3.93. The zero-order valence-electron chi connectivity index (χ0n) is 20.6. The van der Waals surface area contributed by atoms with E-state index in [1.807, 2.05) is 36.4 Å². The first-order chi connectivity index (χ1) is 18.0. The minimum atomic E-state index is -0.288. The fraction of sp³-hybridized carbons (Fsp3) is 0.241. The minimum Gasteiger partial charge on any atom is -0.348 e. The third-order valence-corrected chi connectivity index (χ3v) is 7.34. The van der Waals surface area contributed by atoms with Crippen LogP contribution in [0.25, 0.3) is 10.9 Å². The van der Waals surface area contributed by atoms with Crippen molar-refractivity contribution < 1.29 is 9.59 Å². The number of thioether (sulfide) groups is 1. The molecule has 1 N–H and O–H groups in total. The molecular weight excluding hydrogens is 506 g/mol. The lowest BCUT2D eigenvalue weighted by Crippen LogP contribution is -2.25. The van der Waals surface area contributed by atoms with Crippen molar-refractivity contribution in [3.05, 3.63) is 105 Å². The number of hydrogen-bond acceptors (Lipinski definition) is 5. The highest BCUT2D eigenvalue weighted by Crippen LogP contribution is 2.21. The highest BCUT2D eigenvalue weighted by Gasteiger charge is 2.16. The Hall–Kier alpha value is -3.42. The second-order valence-corrected chi connectivity index (χ2v) is 9.99. The topological polar surface area (TPSA) is 81.1 Å². The van der Waals surface area contributed by atoms with Crippen LogP contribution in [-0.2, 0) is 13.1 Å². The maximum atomic E-state index is 13.4. The molecule has 1 heterocycles. The first-order valence-corrected chi connectivity index (χ1v) is 13.6. The van der Waals surface area contributed by atoms with Gasteiger partial charge in [-0.2, -0.15) is 0 Å². The van der Waals surface area contributed by atoms with Crippen molar-refractivity contribution in [3.63, 3.8) is 0 Å². The molecule has 0 aliphatic rings. The number of nitrogens with one attached hydrogen (secondary N) is 1. The lowest BCUT2D eigenvalue weighted by molar-refractivity contribution is 0.0950. The van der Waals surface area contributed by atoms with Crippen LogP contribution >= 0.6 is 23.4 Å². The predicted octanol–water partition coefficient (Wildman–Crippen LogP) is 6.15. The van der Waals surface area contributed by atoms with Crippen molar-refractivity contribution in [3.8, 4) is 0 Å². The normalized spacial score (nSPS) is 11.0. The number of hydrogen-bond donors (Lipinski definition) is 1. The Kier molecular flexibility index (Phi) is 9.14. The Morgan fingerprint density at radius 1 is 0.973 bits per heavy atom. The van der Waals surface area contributed by atoms with Gasteiger partial charge in [-0.3, -0.25) is 19.0 Å². The molecule has 0 atom stereocenters. The summed E-state index contributed by atoms with van der Waals surface area (Å²) >= 11 is 7.44. The van der Waals surface area contributed by atoms with Gasteiger partial charge in [0.05, 0.1) is 16.7 Å². The third kappa shape index (κ3) is 6.67. The summed E-state index contributed by atoms with van der Waals surface area (Å²) in [5.41, 5.74) is 2.09. The van der Waals surface area contributed by atoms with E-state index in [1.165, 1.54) is 11.8 Å². The molecule has 4 aromatic rings. The Morgan fingerprint density at radius 3 is 2.49 bits per heavy atom. The fourth-order valence-corrected chi connectivity index (χ4v) is 5.05. The molecule has 0 unspecified atom stereocenters. The summed E-state index contributed by atoms with van der Waals surface area (Å²) in [6, 6.07) is 21.3. The van der Waals surface area contributed by atoms with Crippen LogP contribution in [-0.4, -0.2) is 27.0 Å². The monoisotopic (exact) mass is 533 g/mol. The zero-order chi connectivity index (χ0) is 26.2. The highest BCUT2D eigenvalue weighted by atomic mass is 35.5. The van der Waals surface area contributed by atoms with Gasteiger partial charge in [0.15, 0.2) is 10.9 Å². The number of amides is 1. The molecule has 0 bridgehead atoms. The van der Waals surface area contributed by atoms with E-state index in [1.54, 1.807) is 41.0 Å². The minimum absolute atomic E-state index is 0.0345. The van der Waals surface area contributed by atoms with Gasteiger partial charge in [0, 0.05) is 29.2 Å². The van der Waals surface area contributed by atoms with Crippen LogP contribution in [0.2, 0.25) is 5.02 Å². The van der Waals surface area contributed by atoms with Crippen LogP contribution < -0.4 is 10.9 Å². The number of ketones is 1. The number of fused-ring (bicyclic) bond motifs is 1. The van der Waals surface area contributed by atoms with E-state index >= 15 is 0 Å². The Balaban J connectivity index is 1.60. The Labute approximate surface area is 225 Å². The molecule has 0 aliphatic heterocycles.